The van der Waals surface area contributed by atoms with Gasteiger partial charge in [0.15, 0.2) is 0 Å². The summed E-state index contributed by atoms with van der Waals surface area (Å²) in [6.07, 6.45) is 8.98. The minimum absolute atomic E-state index is 0.0837. The van der Waals surface area contributed by atoms with Gasteiger partial charge in [-0.2, -0.15) is 0 Å². The van der Waals surface area contributed by atoms with Gasteiger partial charge in [-0.3, -0.25) is 4.79 Å². The fourth-order valence-corrected chi connectivity index (χ4v) is 2.51. The Labute approximate surface area is 135 Å². The number of nitrogens with zero attached hydrogens (tertiary/aromatic N) is 1. The lowest BCUT2D eigenvalue weighted by atomic mass is 10.1. The molecule has 1 atom stereocenters. The van der Waals surface area contributed by atoms with Gasteiger partial charge >= 0.3 is 5.97 Å². The molecule has 0 fully saturated rings. The molecular formula is C17H36NO4+. The summed E-state index contributed by atoms with van der Waals surface area (Å²) >= 11 is 0. The zero-order valence-corrected chi connectivity index (χ0v) is 14.7. The molecule has 0 rings (SSSR count). The molecule has 0 aromatic rings. The van der Waals surface area contributed by atoms with Crippen LogP contribution < -0.4 is 0 Å². The molecule has 5 heteroatoms. The molecule has 0 aliphatic carbocycles. The number of carboxylic acid groups (broad SMARTS) is 1. The average Bonchev–Trinajstić information content (AvgIpc) is 2.38. The van der Waals surface area contributed by atoms with Gasteiger partial charge in [-0.15, -0.1) is 0 Å². The van der Waals surface area contributed by atoms with Gasteiger partial charge < -0.3 is 19.4 Å². The van der Waals surface area contributed by atoms with Crippen molar-refractivity contribution >= 4 is 5.97 Å². The first-order valence-corrected chi connectivity index (χ1v) is 8.60. The number of carbonyl (C=O) groups is 1. The van der Waals surface area contributed by atoms with E-state index in [0.717, 1.165) is 32.2 Å². The number of ether oxygens (including phenoxy) is 1. The van der Waals surface area contributed by atoms with Crippen molar-refractivity contribution in [3.05, 3.63) is 0 Å². The van der Waals surface area contributed by atoms with Crippen LogP contribution in [0.1, 0.15) is 57.8 Å². The van der Waals surface area contributed by atoms with Crippen LogP contribution in [0.5, 0.6) is 0 Å². The molecule has 0 bridgehead atoms. The lowest BCUT2D eigenvalue weighted by Crippen LogP contribution is -2.43. The van der Waals surface area contributed by atoms with Crippen LogP contribution in [0.25, 0.3) is 0 Å². The standard InChI is InChI=1S/C17H35NO4/c1-18(2,3)15-16(14-17(20)21)22-13-11-9-7-5-4-6-8-10-12-19/h16,19H,4-15H2,1-3H3/p+1. The first-order valence-electron chi connectivity index (χ1n) is 8.60. The highest BCUT2D eigenvalue weighted by atomic mass is 16.5. The van der Waals surface area contributed by atoms with E-state index in [1.807, 2.05) is 0 Å². The minimum Gasteiger partial charge on any atom is -0.481 e. The van der Waals surface area contributed by atoms with E-state index in [9.17, 15) is 4.79 Å². The zero-order valence-electron chi connectivity index (χ0n) is 14.7. The van der Waals surface area contributed by atoms with Crippen molar-refractivity contribution in [2.45, 2.75) is 63.9 Å². The topological polar surface area (TPSA) is 66.8 Å². The van der Waals surface area contributed by atoms with Gasteiger partial charge in [0.2, 0.25) is 0 Å². The number of aliphatic carboxylic acids is 1. The predicted molar refractivity (Wildman–Crippen MR) is 88.9 cm³/mol. The maximum absolute atomic E-state index is 10.9. The van der Waals surface area contributed by atoms with E-state index in [0.29, 0.717) is 17.7 Å². The summed E-state index contributed by atoms with van der Waals surface area (Å²) in [6.45, 7) is 1.68. The van der Waals surface area contributed by atoms with Crippen LogP contribution in [-0.2, 0) is 9.53 Å². The Morgan fingerprint density at radius 1 is 0.955 bits per heavy atom. The number of aliphatic hydroxyl groups is 1. The molecule has 2 N–H and O–H groups in total. The highest BCUT2D eigenvalue weighted by Crippen LogP contribution is 2.10. The monoisotopic (exact) mass is 318 g/mol. The first-order chi connectivity index (χ1) is 10.3. The largest absolute Gasteiger partial charge is 0.481 e. The number of hydrogen-bond donors (Lipinski definition) is 2. The van der Waals surface area contributed by atoms with E-state index in [4.69, 9.17) is 14.9 Å². The lowest BCUT2D eigenvalue weighted by molar-refractivity contribution is -0.873. The van der Waals surface area contributed by atoms with E-state index in [-0.39, 0.29) is 12.5 Å². The summed E-state index contributed by atoms with van der Waals surface area (Å²) in [4.78, 5) is 10.9. The molecule has 0 spiro atoms. The zero-order chi connectivity index (χ0) is 16.8. The summed E-state index contributed by atoms with van der Waals surface area (Å²) in [6, 6.07) is 0. The van der Waals surface area contributed by atoms with Gasteiger partial charge in [0, 0.05) is 13.2 Å². The van der Waals surface area contributed by atoms with Crippen LogP contribution in [0.4, 0.5) is 0 Å². The number of hydrogen-bond acceptors (Lipinski definition) is 3. The van der Waals surface area contributed by atoms with Gasteiger partial charge in [0.05, 0.1) is 27.6 Å². The molecule has 22 heavy (non-hydrogen) atoms. The van der Waals surface area contributed by atoms with E-state index < -0.39 is 5.97 Å². The summed E-state index contributed by atoms with van der Waals surface area (Å²) in [7, 11) is 6.15. The van der Waals surface area contributed by atoms with Crippen molar-refractivity contribution in [2.75, 3.05) is 40.9 Å². The normalized spacial score (nSPS) is 13.3. The quantitative estimate of drug-likeness (QED) is 0.360. The van der Waals surface area contributed by atoms with Gasteiger partial charge in [0.1, 0.15) is 12.6 Å². The van der Waals surface area contributed by atoms with E-state index >= 15 is 0 Å². The SMILES string of the molecule is C[N+](C)(C)CC(CC(=O)O)OCCCCCCCCCCO. The predicted octanol–water partition coefficient (Wildman–Crippen LogP) is 2.67. The van der Waals surface area contributed by atoms with Crippen LogP contribution >= 0.6 is 0 Å². The summed E-state index contributed by atoms with van der Waals surface area (Å²) in [5, 5.41) is 17.6. The van der Waals surface area contributed by atoms with Crippen molar-refractivity contribution in [1.82, 2.24) is 0 Å². The lowest BCUT2D eigenvalue weighted by Gasteiger charge is -2.28. The smallest absolute Gasteiger partial charge is 0.306 e. The molecule has 1 unspecified atom stereocenters. The number of quaternary nitrogens is 1. The Balaban J connectivity index is 3.61. The van der Waals surface area contributed by atoms with Crippen molar-refractivity contribution < 1.29 is 24.2 Å². The second-order valence-corrected chi connectivity index (χ2v) is 7.12. The maximum atomic E-state index is 10.9. The van der Waals surface area contributed by atoms with Crippen LogP contribution in [0.2, 0.25) is 0 Å². The van der Waals surface area contributed by atoms with E-state index in [1.54, 1.807) is 0 Å². The molecule has 0 amide bonds. The first kappa shape index (κ1) is 21.4. The van der Waals surface area contributed by atoms with Gasteiger partial charge in [-0.05, 0) is 12.8 Å². The Morgan fingerprint density at radius 3 is 1.91 bits per heavy atom. The van der Waals surface area contributed by atoms with Crippen molar-refractivity contribution in [1.29, 1.82) is 0 Å². The van der Waals surface area contributed by atoms with Crippen LogP contribution in [-0.4, -0.2) is 67.7 Å². The molecule has 0 heterocycles. The second-order valence-electron chi connectivity index (χ2n) is 7.12. The van der Waals surface area contributed by atoms with E-state index in [1.165, 1.54) is 25.7 Å². The molecule has 0 aliphatic heterocycles. The third-order valence-corrected chi connectivity index (χ3v) is 3.56. The molecule has 0 aromatic heterocycles. The summed E-state index contributed by atoms with van der Waals surface area (Å²) in [5.74, 6) is -0.790. The van der Waals surface area contributed by atoms with Crippen molar-refractivity contribution in [3.8, 4) is 0 Å². The maximum Gasteiger partial charge on any atom is 0.306 e. The molecule has 5 nitrogen and oxygen atoms in total. The third-order valence-electron chi connectivity index (χ3n) is 3.56. The van der Waals surface area contributed by atoms with E-state index in [2.05, 4.69) is 21.1 Å². The second kappa shape index (κ2) is 12.9. The van der Waals surface area contributed by atoms with Gasteiger partial charge in [0.25, 0.3) is 0 Å². The molecule has 132 valence electrons. The van der Waals surface area contributed by atoms with Gasteiger partial charge in [-0.1, -0.05) is 38.5 Å². The number of unbranched alkanes of at least 4 members (excludes halogenated alkanes) is 7. The van der Waals surface area contributed by atoms with Gasteiger partial charge in [-0.25, -0.2) is 0 Å². The van der Waals surface area contributed by atoms with Crippen LogP contribution in [0.15, 0.2) is 0 Å². The number of carboxylic acids is 1. The molecule has 0 radical (unpaired) electrons. The molecule has 0 aromatic carbocycles. The Morgan fingerprint density at radius 2 is 1.45 bits per heavy atom. The van der Waals surface area contributed by atoms with Crippen LogP contribution in [0.3, 0.4) is 0 Å². The minimum atomic E-state index is -0.790. The Bertz CT molecular complexity index is 276. The molecule has 0 saturated heterocycles. The third kappa shape index (κ3) is 15.7. The highest BCUT2D eigenvalue weighted by molar-refractivity contribution is 5.67. The van der Waals surface area contributed by atoms with Crippen LogP contribution in [0, 0.1) is 0 Å². The summed E-state index contributed by atoms with van der Waals surface area (Å²) in [5.41, 5.74) is 0. The number of likely N-dealkylation sites (N-methyl/N-ethyl adjacent to an activating group) is 1. The molecular weight excluding hydrogens is 282 g/mol. The fourth-order valence-electron chi connectivity index (χ4n) is 2.51. The Hall–Kier alpha value is -0.650. The Kier molecular flexibility index (Phi) is 12.5. The average molecular weight is 318 g/mol. The number of rotatable bonds is 15. The van der Waals surface area contributed by atoms with Crippen molar-refractivity contribution in [2.24, 2.45) is 0 Å². The highest BCUT2D eigenvalue weighted by Gasteiger charge is 2.21. The fraction of sp³-hybridized carbons (Fsp3) is 0.941. The number of aliphatic hydroxyl groups excluding tert-OH is 1. The molecule has 0 aliphatic rings. The van der Waals surface area contributed by atoms with Crippen molar-refractivity contribution in [3.63, 3.8) is 0 Å². The molecule has 0 saturated carbocycles. The summed E-state index contributed by atoms with van der Waals surface area (Å²) < 4.78 is 6.48.